The van der Waals surface area contributed by atoms with Crippen LogP contribution in [0.1, 0.15) is 36.7 Å². The molecule has 0 bridgehead atoms. The summed E-state index contributed by atoms with van der Waals surface area (Å²) >= 11 is 0. The average molecular weight is 395 g/mol. The molecule has 0 saturated heterocycles. The molecule has 0 aliphatic heterocycles. The number of rotatable bonds is 5. The Morgan fingerprint density at radius 1 is 1.18 bits per heavy atom. The normalized spacial score (nSPS) is 13.6. The van der Waals surface area contributed by atoms with Crippen LogP contribution in [0.25, 0.3) is 5.78 Å². The van der Waals surface area contributed by atoms with Crippen molar-refractivity contribution in [3.8, 4) is 5.75 Å². The molecule has 1 aromatic carbocycles. The highest BCUT2D eigenvalue weighted by Crippen LogP contribution is 2.34. The summed E-state index contributed by atoms with van der Waals surface area (Å²) in [4.78, 5) is 8.33. The molecular weight excluding hydrogens is 375 g/mol. The number of anilines is 1. The molecule has 0 radical (unpaired) electrons. The van der Waals surface area contributed by atoms with Crippen LogP contribution in [-0.4, -0.2) is 36.7 Å². The Balaban J connectivity index is 2.01. The summed E-state index contributed by atoms with van der Waals surface area (Å²) < 4.78 is 42.9. The maximum atomic E-state index is 12.5. The smallest absolute Gasteiger partial charge is 0.406 e. The number of halogens is 3. The first-order chi connectivity index (χ1) is 12.9. The van der Waals surface area contributed by atoms with Crippen LogP contribution in [0, 0.1) is 13.8 Å². The van der Waals surface area contributed by atoms with E-state index in [0.717, 1.165) is 0 Å². The van der Waals surface area contributed by atoms with Crippen LogP contribution in [0.4, 0.5) is 19.0 Å². The fourth-order valence-corrected chi connectivity index (χ4v) is 2.99. The fourth-order valence-electron chi connectivity index (χ4n) is 2.99. The first-order valence-corrected chi connectivity index (χ1v) is 8.46. The molecule has 2 aromatic heterocycles. The van der Waals surface area contributed by atoms with Crippen molar-refractivity contribution in [2.75, 3.05) is 5.32 Å². The molecule has 0 aliphatic carbocycles. The third kappa shape index (κ3) is 4.33. The lowest BCUT2D eigenvalue weighted by Crippen LogP contribution is -2.35. The minimum atomic E-state index is -4.77. The highest BCUT2D eigenvalue weighted by molar-refractivity contribution is 5.49. The number of aromatic nitrogens is 4. The Bertz CT molecular complexity index is 995. The van der Waals surface area contributed by atoms with Gasteiger partial charge in [0.25, 0.3) is 5.78 Å². The van der Waals surface area contributed by atoms with E-state index in [9.17, 15) is 18.3 Å². The quantitative estimate of drug-likeness (QED) is 0.687. The third-order valence-electron chi connectivity index (χ3n) is 4.16. The summed E-state index contributed by atoms with van der Waals surface area (Å²) in [5, 5.41) is 18.1. The van der Waals surface area contributed by atoms with Gasteiger partial charge in [0.2, 0.25) is 0 Å². The SMILES string of the molecule is Cc1cc(NC(c2ccc(OC(F)(F)F)cc2C)C(C)(C)O)n2ncnc2n1. The highest BCUT2D eigenvalue weighted by Gasteiger charge is 2.33. The first kappa shape index (κ1) is 19.9. The maximum absolute atomic E-state index is 12.5. The van der Waals surface area contributed by atoms with E-state index in [1.54, 1.807) is 33.8 Å². The van der Waals surface area contributed by atoms with E-state index < -0.39 is 18.0 Å². The molecule has 1 atom stereocenters. The third-order valence-corrected chi connectivity index (χ3v) is 4.16. The summed E-state index contributed by atoms with van der Waals surface area (Å²) in [6.07, 6.45) is -3.41. The molecule has 1 unspecified atom stereocenters. The molecule has 150 valence electrons. The molecule has 3 rings (SSSR count). The number of nitrogens with zero attached hydrogens (tertiary/aromatic N) is 4. The lowest BCUT2D eigenvalue weighted by molar-refractivity contribution is -0.274. The number of ether oxygens (including phenoxy) is 1. The van der Waals surface area contributed by atoms with Gasteiger partial charge in [-0.25, -0.2) is 4.98 Å². The number of benzene rings is 1. The van der Waals surface area contributed by atoms with E-state index in [-0.39, 0.29) is 5.75 Å². The van der Waals surface area contributed by atoms with Gasteiger partial charge in [-0.3, -0.25) is 0 Å². The highest BCUT2D eigenvalue weighted by atomic mass is 19.4. The van der Waals surface area contributed by atoms with Crippen molar-refractivity contribution in [3.05, 3.63) is 47.4 Å². The fraction of sp³-hybridized carbons (Fsp3) is 0.389. The van der Waals surface area contributed by atoms with E-state index in [0.29, 0.717) is 28.4 Å². The van der Waals surface area contributed by atoms with E-state index in [1.807, 2.05) is 0 Å². The molecule has 0 fully saturated rings. The van der Waals surface area contributed by atoms with Gasteiger partial charge in [0.1, 0.15) is 17.9 Å². The monoisotopic (exact) mass is 395 g/mol. The first-order valence-electron chi connectivity index (χ1n) is 8.46. The number of fused-ring (bicyclic) bond motifs is 1. The summed E-state index contributed by atoms with van der Waals surface area (Å²) in [6.45, 7) is 6.67. The second-order valence-electron chi connectivity index (χ2n) is 7.05. The van der Waals surface area contributed by atoms with Crippen molar-refractivity contribution >= 4 is 11.6 Å². The topological polar surface area (TPSA) is 84.6 Å². The molecule has 2 N–H and O–H groups in total. The molecular formula is C18H20F3N5O2. The van der Waals surface area contributed by atoms with Crippen LogP contribution < -0.4 is 10.1 Å². The van der Waals surface area contributed by atoms with Crippen molar-refractivity contribution in [1.29, 1.82) is 0 Å². The zero-order valence-electron chi connectivity index (χ0n) is 15.7. The zero-order chi connectivity index (χ0) is 20.7. The molecule has 0 aliphatic rings. The van der Waals surface area contributed by atoms with Crippen LogP contribution in [0.2, 0.25) is 0 Å². The number of alkyl halides is 3. The van der Waals surface area contributed by atoms with E-state index >= 15 is 0 Å². The summed E-state index contributed by atoms with van der Waals surface area (Å²) in [5.74, 6) is 0.617. The molecule has 0 saturated carbocycles. The minimum absolute atomic E-state index is 0.318. The number of hydrogen-bond donors (Lipinski definition) is 2. The molecule has 7 nitrogen and oxygen atoms in total. The zero-order valence-corrected chi connectivity index (χ0v) is 15.7. The standard InChI is InChI=1S/C18H20F3N5O2/c1-10-7-12(28-18(19,20)21)5-6-13(10)15(17(3,4)27)25-14-8-11(2)24-16-22-9-23-26(14)16/h5-9,15,25,27H,1-4H3. The van der Waals surface area contributed by atoms with Crippen LogP contribution >= 0.6 is 0 Å². The predicted octanol–water partition coefficient (Wildman–Crippen LogP) is 3.56. The largest absolute Gasteiger partial charge is 0.573 e. The van der Waals surface area contributed by atoms with E-state index in [4.69, 9.17) is 0 Å². The molecule has 0 amide bonds. The number of nitrogens with one attached hydrogen (secondary N) is 1. The van der Waals surface area contributed by atoms with Crippen molar-refractivity contribution in [1.82, 2.24) is 19.6 Å². The van der Waals surface area contributed by atoms with Crippen LogP contribution in [0.15, 0.2) is 30.6 Å². The summed E-state index contributed by atoms with van der Waals surface area (Å²) in [5.41, 5.74) is 0.594. The molecule has 28 heavy (non-hydrogen) atoms. The maximum Gasteiger partial charge on any atom is 0.573 e. The van der Waals surface area contributed by atoms with Gasteiger partial charge < -0.3 is 15.2 Å². The number of hydrogen-bond acceptors (Lipinski definition) is 6. The van der Waals surface area contributed by atoms with Gasteiger partial charge in [0.15, 0.2) is 0 Å². The minimum Gasteiger partial charge on any atom is -0.406 e. The number of aryl methyl sites for hydroxylation is 2. The predicted molar refractivity (Wildman–Crippen MR) is 96.0 cm³/mol. The van der Waals surface area contributed by atoms with Gasteiger partial charge >= 0.3 is 6.36 Å². The van der Waals surface area contributed by atoms with Crippen molar-refractivity contribution in [3.63, 3.8) is 0 Å². The lowest BCUT2D eigenvalue weighted by atomic mass is 9.89. The summed E-state index contributed by atoms with van der Waals surface area (Å²) in [6, 6.07) is 5.10. The second kappa shape index (κ2) is 6.93. The Labute approximate surface area is 159 Å². The van der Waals surface area contributed by atoms with Crippen molar-refractivity contribution < 1.29 is 23.0 Å². The molecule has 3 aromatic rings. The van der Waals surface area contributed by atoms with Gasteiger partial charge in [-0.1, -0.05) is 6.07 Å². The van der Waals surface area contributed by atoms with Gasteiger partial charge in [-0.2, -0.15) is 14.6 Å². The van der Waals surface area contributed by atoms with Crippen molar-refractivity contribution in [2.45, 2.75) is 45.7 Å². The Hall–Kier alpha value is -2.88. The number of aliphatic hydroxyl groups is 1. The second-order valence-corrected chi connectivity index (χ2v) is 7.05. The average Bonchev–Trinajstić information content (AvgIpc) is 2.99. The van der Waals surface area contributed by atoms with Gasteiger partial charge in [-0.05, 0) is 51.0 Å². The van der Waals surface area contributed by atoms with Crippen LogP contribution in [0.5, 0.6) is 5.75 Å². The molecule has 0 spiro atoms. The van der Waals surface area contributed by atoms with E-state index in [2.05, 4.69) is 25.1 Å². The van der Waals surface area contributed by atoms with Crippen LogP contribution in [0.3, 0.4) is 0 Å². The Morgan fingerprint density at radius 2 is 1.89 bits per heavy atom. The van der Waals surface area contributed by atoms with Gasteiger partial charge in [0, 0.05) is 11.8 Å². The Morgan fingerprint density at radius 3 is 2.50 bits per heavy atom. The summed E-state index contributed by atoms with van der Waals surface area (Å²) in [7, 11) is 0. The van der Waals surface area contributed by atoms with E-state index in [1.165, 1.54) is 29.0 Å². The molecule has 2 heterocycles. The van der Waals surface area contributed by atoms with Crippen molar-refractivity contribution in [2.24, 2.45) is 0 Å². The lowest BCUT2D eigenvalue weighted by Gasteiger charge is -2.32. The van der Waals surface area contributed by atoms with Gasteiger partial charge in [0.05, 0.1) is 11.6 Å². The van der Waals surface area contributed by atoms with Gasteiger partial charge in [-0.15, -0.1) is 13.2 Å². The molecule has 10 heteroatoms. The Kier molecular flexibility index (Phi) is 4.92. The van der Waals surface area contributed by atoms with Crippen LogP contribution in [-0.2, 0) is 0 Å².